The molecule has 0 unspecified atom stereocenters. The molecule has 6 nitrogen and oxygen atoms in total. The largest absolute Gasteiger partial charge is 0.458 e. The SMILES string of the molecule is Cc1cccc(OC(=O)/N=N/C(=O)OCC(C)C)c1. The monoisotopic (exact) mass is 264 g/mol. The summed E-state index contributed by atoms with van der Waals surface area (Å²) in [5.74, 6) is 0.540. The number of azo groups is 1. The summed E-state index contributed by atoms with van der Waals surface area (Å²) >= 11 is 0. The van der Waals surface area contributed by atoms with Gasteiger partial charge in [0, 0.05) is 0 Å². The summed E-state index contributed by atoms with van der Waals surface area (Å²) in [5, 5.41) is 6.22. The van der Waals surface area contributed by atoms with Gasteiger partial charge < -0.3 is 9.47 Å². The van der Waals surface area contributed by atoms with E-state index >= 15 is 0 Å². The maximum absolute atomic E-state index is 11.3. The van der Waals surface area contributed by atoms with E-state index in [-0.39, 0.29) is 12.5 Å². The molecular weight excluding hydrogens is 248 g/mol. The minimum Gasteiger partial charge on any atom is -0.447 e. The van der Waals surface area contributed by atoms with Crippen LogP contribution in [0, 0.1) is 12.8 Å². The van der Waals surface area contributed by atoms with E-state index in [2.05, 4.69) is 10.2 Å². The van der Waals surface area contributed by atoms with Crippen LogP contribution in [0.1, 0.15) is 19.4 Å². The molecule has 1 aromatic carbocycles. The lowest BCUT2D eigenvalue weighted by molar-refractivity contribution is 0.141. The summed E-state index contributed by atoms with van der Waals surface area (Å²) < 4.78 is 9.58. The van der Waals surface area contributed by atoms with Crippen LogP contribution >= 0.6 is 0 Å². The smallest absolute Gasteiger partial charge is 0.447 e. The van der Waals surface area contributed by atoms with Gasteiger partial charge in [-0.3, -0.25) is 0 Å². The number of aryl methyl sites for hydroxylation is 1. The highest BCUT2D eigenvalue weighted by atomic mass is 16.6. The molecule has 0 aliphatic heterocycles. The first-order chi connectivity index (χ1) is 8.97. The lowest BCUT2D eigenvalue weighted by Gasteiger charge is -2.02. The summed E-state index contributed by atoms with van der Waals surface area (Å²) in [5.41, 5.74) is 0.943. The van der Waals surface area contributed by atoms with E-state index in [4.69, 9.17) is 9.47 Å². The number of amides is 2. The zero-order chi connectivity index (χ0) is 14.3. The normalized spacial score (nSPS) is 10.7. The molecule has 0 spiro atoms. The van der Waals surface area contributed by atoms with Crippen molar-refractivity contribution in [1.82, 2.24) is 0 Å². The first-order valence-corrected chi connectivity index (χ1v) is 5.84. The van der Waals surface area contributed by atoms with Gasteiger partial charge in [-0.2, -0.15) is 0 Å². The molecule has 0 N–H and O–H groups in total. The highest BCUT2D eigenvalue weighted by Gasteiger charge is 2.06. The second-order valence-corrected chi connectivity index (χ2v) is 4.36. The van der Waals surface area contributed by atoms with Gasteiger partial charge in [-0.05, 0) is 30.5 Å². The van der Waals surface area contributed by atoms with E-state index in [1.807, 2.05) is 26.8 Å². The third-order valence-electron chi connectivity index (χ3n) is 1.95. The molecule has 0 aromatic heterocycles. The van der Waals surface area contributed by atoms with Crippen LogP contribution in [0.4, 0.5) is 9.59 Å². The Kier molecular flexibility index (Phi) is 5.66. The molecule has 19 heavy (non-hydrogen) atoms. The van der Waals surface area contributed by atoms with Crippen molar-refractivity contribution in [2.24, 2.45) is 16.1 Å². The van der Waals surface area contributed by atoms with E-state index in [0.717, 1.165) is 5.56 Å². The lowest BCUT2D eigenvalue weighted by atomic mass is 10.2. The number of carbonyl (C=O) groups excluding carboxylic acids is 2. The van der Waals surface area contributed by atoms with Crippen molar-refractivity contribution in [1.29, 1.82) is 0 Å². The van der Waals surface area contributed by atoms with Crippen molar-refractivity contribution < 1.29 is 19.1 Å². The summed E-state index contributed by atoms with van der Waals surface area (Å²) in [6, 6.07) is 6.89. The molecule has 0 saturated heterocycles. The van der Waals surface area contributed by atoms with Gasteiger partial charge in [-0.15, -0.1) is 0 Å². The molecule has 102 valence electrons. The fourth-order valence-corrected chi connectivity index (χ4v) is 1.15. The number of benzene rings is 1. The molecule has 6 heteroatoms. The Morgan fingerprint density at radius 3 is 2.53 bits per heavy atom. The number of nitrogens with zero attached hydrogens (tertiary/aromatic N) is 2. The Balaban J connectivity index is 2.44. The standard InChI is InChI=1S/C13H16N2O4/c1-9(2)8-18-12(16)14-15-13(17)19-11-6-4-5-10(3)7-11/h4-7,9H,8H2,1-3H3/b15-14+. The molecule has 2 amide bonds. The zero-order valence-corrected chi connectivity index (χ0v) is 11.1. The van der Waals surface area contributed by atoms with Gasteiger partial charge >= 0.3 is 12.2 Å². The predicted octanol–water partition coefficient (Wildman–Crippen LogP) is 3.74. The van der Waals surface area contributed by atoms with Crippen LogP contribution in [0.3, 0.4) is 0 Å². The summed E-state index contributed by atoms with van der Waals surface area (Å²) in [7, 11) is 0. The second-order valence-electron chi connectivity index (χ2n) is 4.36. The van der Waals surface area contributed by atoms with Gasteiger partial charge in [0.05, 0.1) is 6.61 Å². The maximum atomic E-state index is 11.3. The average molecular weight is 264 g/mol. The van der Waals surface area contributed by atoms with Gasteiger partial charge in [0.25, 0.3) is 0 Å². The highest BCUT2D eigenvalue weighted by Crippen LogP contribution is 2.13. The average Bonchev–Trinajstić information content (AvgIpc) is 2.34. The lowest BCUT2D eigenvalue weighted by Crippen LogP contribution is -2.07. The molecule has 0 bridgehead atoms. The number of ether oxygens (including phenoxy) is 2. The van der Waals surface area contributed by atoms with Crippen molar-refractivity contribution in [2.45, 2.75) is 20.8 Å². The minimum atomic E-state index is -0.966. The van der Waals surface area contributed by atoms with E-state index in [1.54, 1.807) is 18.2 Å². The van der Waals surface area contributed by atoms with Crippen LogP contribution in [0.5, 0.6) is 5.75 Å². The first kappa shape index (κ1) is 14.8. The molecule has 0 heterocycles. The third-order valence-corrected chi connectivity index (χ3v) is 1.95. The highest BCUT2D eigenvalue weighted by molar-refractivity contribution is 5.74. The Morgan fingerprint density at radius 2 is 1.89 bits per heavy atom. The predicted molar refractivity (Wildman–Crippen MR) is 68.2 cm³/mol. The molecule has 1 rings (SSSR count). The van der Waals surface area contributed by atoms with Crippen molar-refractivity contribution in [2.75, 3.05) is 6.61 Å². The van der Waals surface area contributed by atoms with Gasteiger partial charge in [0.1, 0.15) is 5.75 Å². The topological polar surface area (TPSA) is 77.3 Å². The zero-order valence-electron chi connectivity index (χ0n) is 11.1. The Hall–Kier alpha value is -2.24. The maximum Gasteiger partial charge on any atom is 0.458 e. The number of hydrogen-bond acceptors (Lipinski definition) is 4. The van der Waals surface area contributed by atoms with Crippen molar-refractivity contribution >= 4 is 12.2 Å². The molecule has 0 saturated carbocycles. The van der Waals surface area contributed by atoms with Gasteiger partial charge in [0.2, 0.25) is 0 Å². The van der Waals surface area contributed by atoms with E-state index < -0.39 is 12.2 Å². The quantitative estimate of drug-likeness (QED) is 0.779. The summed E-state index contributed by atoms with van der Waals surface area (Å²) in [6.07, 6.45) is -1.87. The van der Waals surface area contributed by atoms with Gasteiger partial charge in [-0.25, -0.2) is 9.59 Å². The Labute approximate surface area is 111 Å². The van der Waals surface area contributed by atoms with Crippen LogP contribution in [0.15, 0.2) is 34.5 Å². The second kappa shape index (κ2) is 7.25. The van der Waals surface area contributed by atoms with Crippen LogP contribution in [0.25, 0.3) is 0 Å². The van der Waals surface area contributed by atoms with Crippen LogP contribution in [-0.4, -0.2) is 18.8 Å². The van der Waals surface area contributed by atoms with Crippen LogP contribution in [-0.2, 0) is 4.74 Å². The molecule has 0 atom stereocenters. The van der Waals surface area contributed by atoms with E-state index in [9.17, 15) is 9.59 Å². The van der Waals surface area contributed by atoms with E-state index in [0.29, 0.717) is 5.75 Å². The van der Waals surface area contributed by atoms with Crippen molar-refractivity contribution in [3.05, 3.63) is 29.8 Å². The molecule has 0 fully saturated rings. The molecular formula is C13H16N2O4. The number of carbonyl (C=O) groups is 2. The van der Waals surface area contributed by atoms with Crippen LogP contribution < -0.4 is 4.74 Å². The Morgan fingerprint density at radius 1 is 1.21 bits per heavy atom. The first-order valence-electron chi connectivity index (χ1n) is 5.84. The van der Waals surface area contributed by atoms with Gasteiger partial charge in [-0.1, -0.05) is 36.2 Å². The molecule has 0 radical (unpaired) electrons. The fraction of sp³-hybridized carbons (Fsp3) is 0.385. The summed E-state index contributed by atoms with van der Waals surface area (Å²) in [4.78, 5) is 22.3. The Bertz CT molecular complexity index is 483. The molecule has 0 aliphatic rings. The third kappa shape index (κ3) is 6.30. The number of rotatable bonds is 3. The minimum absolute atomic E-state index is 0.193. The molecule has 0 aliphatic carbocycles. The van der Waals surface area contributed by atoms with E-state index in [1.165, 1.54) is 0 Å². The summed E-state index contributed by atoms with van der Waals surface area (Å²) in [6.45, 7) is 5.86. The van der Waals surface area contributed by atoms with Crippen molar-refractivity contribution in [3.8, 4) is 5.75 Å². The molecule has 1 aromatic rings. The van der Waals surface area contributed by atoms with Crippen molar-refractivity contribution in [3.63, 3.8) is 0 Å². The number of hydrogen-bond donors (Lipinski definition) is 0. The van der Waals surface area contributed by atoms with Gasteiger partial charge in [0.15, 0.2) is 0 Å². The fourth-order valence-electron chi connectivity index (χ4n) is 1.15. The van der Waals surface area contributed by atoms with Crippen LogP contribution in [0.2, 0.25) is 0 Å².